The van der Waals surface area contributed by atoms with Crippen molar-refractivity contribution in [2.75, 3.05) is 13.2 Å². The van der Waals surface area contributed by atoms with Crippen LogP contribution in [0.5, 0.6) is 0 Å². The van der Waals surface area contributed by atoms with Gasteiger partial charge in [0.2, 0.25) is 0 Å². The number of nitrogens with zero attached hydrogens (tertiary/aromatic N) is 1. The number of aliphatic hydroxyl groups is 5. The quantitative estimate of drug-likeness (QED) is 0.290. The summed E-state index contributed by atoms with van der Waals surface area (Å²) in [5.41, 5.74) is -3.26. The monoisotopic (exact) mass is 390 g/mol. The molecule has 2 aliphatic heterocycles. The zero-order chi connectivity index (χ0) is 19.9. The molecule has 0 aliphatic carbocycles. The number of H-pyrrole nitrogens is 1. The molecule has 2 aliphatic rings. The van der Waals surface area contributed by atoms with Crippen LogP contribution in [0, 0.1) is 0 Å². The third kappa shape index (κ3) is 3.58. The fourth-order valence-corrected chi connectivity index (χ4v) is 3.14. The number of aliphatic hydroxyl groups excluding tert-OH is 4. The average molecular weight is 390 g/mol. The molecule has 27 heavy (non-hydrogen) atoms. The van der Waals surface area contributed by atoms with Gasteiger partial charge < -0.3 is 39.7 Å². The second kappa shape index (κ2) is 7.41. The molecule has 2 saturated heterocycles. The maximum Gasteiger partial charge on any atom is 0.330 e. The average Bonchev–Trinajstić information content (AvgIpc) is 3.01. The van der Waals surface area contributed by atoms with Crippen molar-refractivity contribution in [3.63, 3.8) is 0 Å². The molecule has 152 valence electrons. The Morgan fingerprint density at radius 1 is 1.22 bits per heavy atom. The van der Waals surface area contributed by atoms with Gasteiger partial charge in [-0.25, -0.2) is 4.79 Å². The van der Waals surface area contributed by atoms with Gasteiger partial charge in [-0.1, -0.05) is 0 Å². The van der Waals surface area contributed by atoms with E-state index in [2.05, 4.69) is 0 Å². The van der Waals surface area contributed by atoms with Gasteiger partial charge in [-0.05, 0) is 6.92 Å². The molecule has 6 N–H and O–H groups in total. The van der Waals surface area contributed by atoms with Gasteiger partial charge in [0.05, 0.1) is 13.2 Å². The Kier molecular flexibility index (Phi) is 5.52. The van der Waals surface area contributed by atoms with Gasteiger partial charge in [-0.3, -0.25) is 14.3 Å². The number of aromatic nitrogens is 2. The first-order valence-electron chi connectivity index (χ1n) is 8.28. The van der Waals surface area contributed by atoms with Crippen LogP contribution < -0.4 is 11.2 Å². The highest BCUT2D eigenvalue weighted by atomic mass is 16.7. The van der Waals surface area contributed by atoms with E-state index in [1.165, 1.54) is 6.92 Å². The van der Waals surface area contributed by atoms with Crippen LogP contribution in [0.15, 0.2) is 21.9 Å². The smallest absolute Gasteiger partial charge is 0.330 e. The van der Waals surface area contributed by atoms with Gasteiger partial charge in [0.1, 0.15) is 36.1 Å². The van der Waals surface area contributed by atoms with Crippen molar-refractivity contribution in [2.45, 2.75) is 55.6 Å². The number of nitrogens with one attached hydrogen (secondary N) is 1. The maximum absolute atomic E-state index is 11.8. The largest absolute Gasteiger partial charge is 0.394 e. The number of hydrogen-bond donors (Lipinski definition) is 6. The molecule has 0 radical (unpaired) electrons. The van der Waals surface area contributed by atoms with Crippen LogP contribution in [0.3, 0.4) is 0 Å². The zero-order valence-electron chi connectivity index (χ0n) is 14.3. The van der Waals surface area contributed by atoms with Crippen molar-refractivity contribution in [1.82, 2.24) is 9.55 Å². The van der Waals surface area contributed by atoms with Crippen LogP contribution in [0.1, 0.15) is 13.2 Å². The third-order valence-corrected chi connectivity index (χ3v) is 4.78. The summed E-state index contributed by atoms with van der Waals surface area (Å²) in [5, 5.41) is 49.6. The molecule has 3 heterocycles. The predicted molar refractivity (Wildman–Crippen MR) is 85.6 cm³/mol. The Morgan fingerprint density at radius 3 is 2.52 bits per heavy atom. The minimum Gasteiger partial charge on any atom is -0.394 e. The lowest BCUT2D eigenvalue weighted by atomic mass is 9.98. The summed E-state index contributed by atoms with van der Waals surface area (Å²) in [6, 6.07) is 1.06. The molecule has 0 bridgehead atoms. The van der Waals surface area contributed by atoms with E-state index in [0.717, 1.165) is 16.8 Å². The summed E-state index contributed by atoms with van der Waals surface area (Å²) >= 11 is 0. The summed E-state index contributed by atoms with van der Waals surface area (Å²) in [6.45, 7) is 0.385. The Morgan fingerprint density at radius 2 is 1.93 bits per heavy atom. The summed E-state index contributed by atoms with van der Waals surface area (Å²) in [7, 11) is 0. The van der Waals surface area contributed by atoms with E-state index < -0.39 is 66.5 Å². The third-order valence-electron chi connectivity index (χ3n) is 4.78. The van der Waals surface area contributed by atoms with Gasteiger partial charge in [0.15, 0.2) is 12.5 Å². The van der Waals surface area contributed by atoms with E-state index in [9.17, 15) is 30.0 Å². The normalized spacial score (nSPS) is 41.9. The number of rotatable bonds is 5. The zero-order valence-corrected chi connectivity index (χ0v) is 14.3. The molecule has 2 fully saturated rings. The minimum absolute atomic E-state index is 0.349. The van der Waals surface area contributed by atoms with E-state index in [4.69, 9.17) is 19.3 Å². The summed E-state index contributed by atoms with van der Waals surface area (Å²) in [6.07, 6.45) is -7.89. The van der Waals surface area contributed by atoms with Crippen LogP contribution in [-0.2, 0) is 14.2 Å². The molecule has 0 saturated carbocycles. The van der Waals surface area contributed by atoms with Crippen LogP contribution in [0.4, 0.5) is 0 Å². The number of aromatic amines is 1. The van der Waals surface area contributed by atoms with Gasteiger partial charge in [-0.15, -0.1) is 0 Å². The van der Waals surface area contributed by atoms with Gasteiger partial charge >= 0.3 is 5.69 Å². The maximum atomic E-state index is 11.8. The Labute approximate surface area is 152 Å². The van der Waals surface area contributed by atoms with Crippen LogP contribution >= 0.6 is 0 Å². The summed E-state index contributed by atoms with van der Waals surface area (Å²) in [5.74, 6) is 0. The van der Waals surface area contributed by atoms with Crippen molar-refractivity contribution in [3.8, 4) is 0 Å². The fraction of sp³-hybridized carbons (Fsp3) is 0.733. The molecule has 0 amide bonds. The molecular weight excluding hydrogens is 368 g/mol. The summed E-state index contributed by atoms with van der Waals surface area (Å²) in [4.78, 5) is 25.0. The van der Waals surface area contributed by atoms with Crippen molar-refractivity contribution >= 4 is 0 Å². The summed E-state index contributed by atoms with van der Waals surface area (Å²) < 4.78 is 17.0. The Balaban J connectivity index is 1.68. The lowest BCUT2D eigenvalue weighted by Gasteiger charge is -2.27. The molecule has 8 atom stereocenters. The molecule has 3 rings (SSSR count). The topological polar surface area (TPSA) is 184 Å². The first-order chi connectivity index (χ1) is 12.7. The molecule has 0 spiro atoms. The van der Waals surface area contributed by atoms with Crippen LogP contribution in [-0.4, -0.2) is 90.7 Å². The SMILES string of the molecule is C[C@]1(O)C(OC[C@H]2O[C@@H](n3ccc(=O)[nH]c3=O)[C@H](O)[C@@H]2O)O[C@H](CO)[C@H]1O. The standard InChI is InChI=1S/C15H22N2O10/c1-15(24)11(22)6(4-18)27-13(15)25-5-7-9(20)10(21)12(26-7)17-3-2-8(19)16-14(17)23/h2-3,6-7,9-13,18,20-22,24H,4-5H2,1H3,(H,16,19,23)/t6-,7-,9-,10-,11-,12-,13?,15-/m1/s1. The first-order valence-corrected chi connectivity index (χ1v) is 8.28. The first kappa shape index (κ1) is 20.1. The second-order valence-electron chi connectivity index (χ2n) is 6.76. The lowest BCUT2D eigenvalue weighted by molar-refractivity contribution is -0.217. The Bertz CT molecular complexity index is 776. The number of ether oxygens (including phenoxy) is 3. The highest BCUT2D eigenvalue weighted by Gasteiger charge is 2.53. The minimum atomic E-state index is -1.81. The second-order valence-corrected chi connectivity index (χ2v) is 6.76. The van der Waals surface area contributed by atoms with E-state index >= 15 is 0 Å². The number of hydrogen-bond acceptors (Lipinski definition) is 10. The lowest BCUT2D eigenvalue weighted by Crippen LogP contribution is -2.47. The van der Waals surface area contributed by atoms with Crippen molar-refractivity contribution in [1.29, 1.82) is 0 Å². The van der Waals surface area contributed by atoms with Crippen molar-refractivity contribution < 1.29 is 39.7 Å². The molecule has 12 heteroatoms. The van der Waals surface area contributed by atoms with E-state index in [-0.39, 0.29) is 6.61 Å². The van der Waals surface area contributed by atoms with Crippen LogP contribution in [0.25, 0.3) is 0 Å². The van der Waals surface area contributed by atoms with Crippen molar-refractivity contribution in [3.05, 3.63) is 33.1 Å². The molecular formula is C15H22N2O10. The molecule has 1 aromatic heterocycles. The van der Waals surface area contributed by atoms with Crippen molar-refractivity contribution in [2.24, 2.45) is 0 Å². The van der Waals surface area contributed by atoms with E-state index in [0.29, 0.717) is 0 Å². The molecule has 1 aromatic rings. The highest BCUT2D eigenvalue weighted by Crippen LogP contribution is 2.33. The van der Waals surface area contributed by atoms with E-state index in [1.54, 1.807) is 0 Å². The highest BCUT2D eigenvalue weighted by molar-refractivity contribution is 4.98. The Hall–Kier alpha value is -1.64. The molecule has 12 nitrogen and oxygen atoms in total. The fourth-order valence-electron chi connectivity index (χ4n) is 3.14. The predicted octanol–water partition coefficient (Wildman–Crippen LogP) is -4.00. The molecule has 0 aromatic carbocycles. The van der Waals surface area contributed by atoms with Crippen LogP contribution in [0.2, 0.25) is 0 Å². The van der Waals surface area contributed by atoms with Gasteiger partial charge in [0.25, 0.3) is 5.56 Å². The van der Waals surface area contributed by atoms with E-state index in [1.807, 2.05) is 4.98 Å². The van der Waals surface area contributed by atoms with Gasteiger partial charge in [-0.2, -0.15) is 0 Å². The van der Waals surface area contributed by atoms with Gasteiger partial charge in [0, 0.05) is 12.3 Å². The molecule has 1 unspecified atom stereocenters.